The van der Waals surface area contributed by atoms with Crippen LogP contribution in [0.4, 0.5) is 10.5 Å². The molecule has 3 aromatic rings. The van der Waals surface area contributed by atoms with Crippen LogP contribution >= 0.6 is 11.3 Å². The SMILES string of the molecule is CCc1ccc(N2C(=O)NC(=O)/C(=C\c3cc(C)n(-c4sc5c(c4C(=O)OC)CCCC5)c3C)C2=O)cc1. The number of urea groups is 1. The van der Waals surface area contributed by atoms with Crippen molar-refractivity contribution >= 4 is 46.9 Å². The number of aromatic nitrogens is 1. The van der Waals surface area contributed by atoms with E-state index in [1.807, 2.05) is 43.5 Å². The zero-order valence-corrected chi connectivity index (χ0v) is 22.7. The maximum atomic E-state index is 13.4. The van der Waals surface area contributed by atoms with Gasteiger partial charge in [0, 0.05) is 16.3 Å². The second-order valence-electron chi connectivity index (χ2n) is 9.52. The van der Waals surface area contributed by atoms with E-state index >= 15 is 0 Å². The van der Waals surface area contributed by atoms with Crippen molar-refractivity contribution in [3.05, 3.63) is 74.4 Å². The molecule has 0 saturated carbocycles. The van der Waals surface area contributed by atoms with Gasteiger partial charge < -0.3 is 9.30 Å². The van der Waals surface area contributed by atoms with Crippen LogP contribution in [-0.2, 0) is 33.6 Å². The Kier molecular flexibility index (Phi) is 6.79. The number of amides is 4. The van der Waals surface area contributed by atoms with Gasteiger partial charge in [-0.3, -0.25) is 14.9 Å². The molecule has 2 aliphatic rings. The summed E-state index contributed by atoms with van der Waals surface area (Å²) in [4.78, 5) is 53.8. The summed E-state index contributed by atoms with van der Waals surface area (Å²) in [5.74, 6) is -1.79. The first-order valence-corrected chi connectivity index (χ1v) is 13.5. The van der Waals surface area contributed by atoms with E-state index < -0.39 is 17.8 Å². The van der Waals surface area contributed by atoms with Gasteiger partial charge >= 0.3 is 12.0 Å². The molecule has 0 unspecified atom stereocenters. The number of anilines is 1. The van der Waals surface area contributed by atoms with Crippen LogP contribution in [0, 0.1) is 13.8 Å². The van der Waals surface area contributed by atoms with Gasteiger partial charge in [-0.15, -0.1) is 11.3 Å². The Morgan fingerprint density at radius 3 is 2.50 bits per heavy atom. The summed E-state index contributed by atoms with van der Waals surface area (Å²) in [5, 5.41) is 3.08. The van der Waals surface area contributed by atoms with Gasteiger partial charge in [0.1, 0.15) is 10.6 Å². The Morgan fingerprint density at radius 2 is 1.82 bits per heavy atom. The number of hydrogen-bond acceptors (Lipinski definition) is 6. The van der Waals surface area contributed by atoms with Crippen LogP contribution in [0.5, 0.6) is 0 Å². The highest BCUT2D eigenvalue weighted by atomic mass is 32.1. The highest BCUT2D eigenvalue weighted by Gasteiger charge is 2.37. The van der Waals surface area contributed by atoms with Crippen molar-refractivity contribution in [2.45, 2.75) is 52.9 Å². The molecule has 1 saturated heterocycles. The lowest BCUT2D eigenvalue weighted by atomic mass is 9.95. The van der Waals surface area contributed by atoms with Crippen molar-refractivity contribution in [1.82, 2.24) is 9.88 Å². The Morgan fingerprint density at radius 1 is 1.11 bits per heavy atom. The number of esters is 1. The second-order valence-corrected chi connectivity index (χ2v) is 10.6. The van der Waals surface area contributed by atoms with Gasteiger partial charge in [0.05, 0.1) is 18.4 Å². The van der Waals surface area contributed by atoms with Crippen LogP contribution in [0.3, 0.4) is 0 Å². The van der Waals surface area contributed by atoms with Crippen molar-refractivity contribution in [2.75, 3.05) is 12.0 Å². The number of rotatable bonds is 5. The number of benzene rings is 1. The van der Waals surface area contributed by atoms with Crippen LogP contribution < -0.4 is 10.2 Å². The number of imide groups is 2. The molecule has 5 rings (SSSR count). The maximum absolute atomic E-state index is 13.4. The molecule has 9 heteroatoms. The quantitative estimate of drug-likeness (QED) is 0.282. The molecular weight excluding hydrogens is 502 g/mol. The van der Waals surface area contributed by atoms with Gasteiger partial charge in [-0.25, -0.2) is 14.5 Å². The highest BCUT2D eigenvalue weighted by molar-refractivity contribution is 7.15. The van der Waals surface area contributed by atoms with Gasteiger partial charge in [0.15, 0.2) is 0 Å². The zero-order valence-electron chi connectivity index (χ0n) is 21.8. The smallest absolute Gasteiger partial charge is 0.341 e. The van der Waals surface area contributed by atoms with E-state index in [4.69, 9.17) is 4.74 Å². The molecule has 3 heterocycles. The van der Waals surface area contributed by atoms with E-state index in [9.17, 15) is 19.2 Å². The maximum Gasteiger partial charge on any atom is 0.341 e. The lowest BCUT2D eigenvalue weighted by molar-refractivity contribution is -0.122. The van der Waals surface area contributed by atoms with E-state index in [0.29, 0.717) is 16.8 Å². The number of aryl methyl sites for hydroxylation is 3. The fraction of sp³-hybridized carbons (Fsp3) is 0.310. The molecule has 1 N–H and O–H groups in total. The number of hydrogen-bond donors (Lipinski definition) is 1. The van der Waals surface area contributed by atoms with Crippen molar-refractivity contribution in [2.24, 2.45) is 0 Å². The fourth-order valence-corrected chi connectivity index (χ4v) is 6.68. The average Bonchev–Trinajstić information content (AvgIpc) is 3.42. The lowest BCUT2D eigenvalue weighted by Crippen LogP contribution is -2.54. The van der Waals surface area contributed by atoms with Crippen molar-refractivity contribution in [1.29, 1.82) is 0 Å². The first-order valence-electron chi connectivity index (χ1n) is 12.7. The predicted octanol–water partition coefficient (Wildman–Crippen LogP) is 5.05. The molecule has 38 heavy (non-hydrogen) atoms. The van der Waals surface area contributed by atoms with E-state index in [2.05, 4.69) is 5.32 Å². The van der Waals surface area contributed by atoms with E-state index in [-0.39, 0.29) is 11.5 Å². The predicted molar refractivity (Wildman–Crippen MR) is 146 cm³/mol. The minimum atomic E-state index is -0.779. The van der Waals surface area contributed by atoms with E-state index in [1.165, 1.54) is 18.1 Å². The van der Waals surface area contributed by atoms with Gasteiger partial charge in [0.25, 0.3) is 11.8 Å². The number of barbiturate groups is 1. The summed E-state index contributed by atoms with van der Waals surface area (Å²) in [6, 6.07) is 8.19. The molecule has 0 atom stereocenters. The molecule has 2 aromatic heterocycles. The van der Waals surface area contributed by atoms with E-state index in [1.54, 1.807) is 23.5 Å². The summed E-state index contributed by atoms with van der Waals surface area (Å²) >= 11 is 1.59. The molecular formula is C29H29N3O5S. The Hall–Kier alpha value is -3.98. The first kappa shape index (κ1) is 25.7. The minimum Gasteiger partial charge on any atom is -0.465 e. The number of thiophene rings is 1. The molecule has 1 fully saturated rings. The number of carbonyl (C=O) groups excluding carboxylic acids is 4. The Bertz CT molecular complexity index is 1510. The third kappa shape index (κ3) is 4.26. The number of ether oxygens (including phenoxy) is 1. The molecule has 4 amide bonds. The van der Waals surface area contributed by atoms with Crippen LogP contribution in [0.15, 0.2) is 35.9 Å². The largest absolute Gasteiger partial charge is 0.465 e. The zero-order chi connectivity index (χ0) is 27.1. The van der Waals surface area contributed by atoms with E-state index in [0.717, 1.165) is 64.5 Å². The van der Waals surface area contributed by atoms with Crippen LogP contribution in [0.25, 0.3) is 11.1 Å². The van der Waals surface area contributed by atoms with Gasteiger partial charge in [-0.05, 0) is 86.9 Å². The normalized spacial score (nSPS) is 16.6. The third-order valence-corrected chi connectivity index (χ3v) is 8.50. The molecule has 0 spiro atoms. The number of nitrogens with one attached hydrogen (secondary N) is 1. The monoisotopic (exact) mass is 531 g/mol. The van der Waals surface area contributed by atoms with Gasteiger partial charge in [0.2, 0.25) is 0 Å². The fourth-order valence-electron chi connectivity index (χ4n) is 5.20. The molecule has 0 bridgehead atoms. The summed E-state index contributed by atoms with van der Waals surface area (Å²) in [5.41, 5.74) is 5.24. The summed E-state index contributed by atoms with van der Waals surface area (Å²) < 4.78 is 7.13. The topological polar surface area (TPSA) is 97.7 Å². The molecule has 196 valence electrons. The lowest BCUT2D eigenvalue weighted by Gasteiger charge is -2.26. The van der Waals surface area contributed by atoms with Crippen molar-refractivity contribution < 1.29 is 23.9 Å². The average molecular weight is 532 g/mol. The van der Waals surface area contributed by atoms with Crippen LogP contribution in [0.1, 0.15) is 63.1 Å². The van der Waals surface area contributed by atoms with Gasteiger partial charge in [-0.2, -0.15) is 0 Å². The standard InChI is InChI=1S/C29H29N3O5S/c1-5-18-10-12-20(13-11-18)32-26(34)22(25(33)30-29(32)36)15-19-14-16(2)31(17(19)3)27-24(28(35)37-4)21-8-6-7-9-23(21)38-27/h10-15H,5-9H2,1-4H3,(H,30,33,36)/b22-15+. The number of fused-ring (bicyclic) bond motifs is 1. The minimum absolute atomic E-state index is 0.136. The van der Waals surface area contributed by atoms with Crippen molar-refractivity contribution in [3.63, 3.8) is 0 Å². The molecule has 1 aliphatic heterocycles. The molecule has 0 radical (unpaired) electrons. The number of carbonyl (C=O) groups is 4. The third-order valence-electron chi connectivity index (χ3n) is 7.22. The highest BCUT2D eigenvalue weighted by Crippen LogP contribution is 2.39. The molecule has 1 aromatic carbocycles. The van der Waals surface area contributed by atoms with Crippen LogP contribution in [0.2, 0.25) is 0 Å². The summed E-state index contributed by atoms with van der Waals surface area (Å²) in [7, 11) is 1.39. The first-order chi connectivity index (χ1) is 18.2. The van der Waals surface area contributed by atoms with Gasteiger partial charge in [-0.1, -0.05) is 19.1 Å². The number of methoxy groups -OCH3 is 1. The van der Waals surface area contributed by atoms with Crippen LogP contribution in [-0.4, -0.2) is 35.5 Å². The summed E-state index contributed by atoms with van der Waals surface area (Å²) in [6.07, 6.45) is 6.22. The molecule has 1 aliphatic carbocycles. The number of nitrogens with zero attached hydrogens (tertiary/aromatic N) is 2. The summed E-state index contributed by atoms with van der Waals surface area (Å²) in [6.45, 7) is 5.82. The Labute approximate surface area is 224 Å². The second kappa shape index (κ2) is 10.1. The Balaban J connectivity index is 1.57. The molecule has 8 nitrogen and oxygen atoms in total. The van der Waals surface area contributed by atoms with Crippen molar-refractivity contribution in [3.8, 4) is 5.00 Å².